The van der Waals surface area contributed by atoms with E-state index in [0.29, 0.717) is 16.9 Å². The third-order valence-corrected chi connectivity index (χ3v) is 4.92. The van der Waals surface area contributed by atoms with Crippen LogP contribution in [0.4, 0.5) is 0 Å². The van der Waals surface area contributed by atoms with E-state index in [1.807, 2.05) is 0 Å². The average Bonchev–Trinajstić information content (AvgIpc) is 3.35. The molecule has 29 heavy (non-hydrogen) atoms. The van der Waals surface area contributed by atoms with E-state index < -0.39 is 11.9 Å². The maximum absolute atomic E-state index is 12.5. The van der Waals surface area contributed by atoms with Crippen molar-refractivity contribution in [2.45, 2.75) is 0 Å². The second-order valence-corrected chi connectivity index (χ2v) is 7.72. The van der Waals surface area contributed by atoms with Crippen molar-refractivity contribution >= 4 is 55.8 Å². The van der Waals surface area contributed by atoms with E-state index in [1.54, 1.807) is 54.6 Å². The molecule has 1 aliphatic rings. The quantitative estimate of drug-likeness (QED) is 0.265. The maximum atomic E-state index is 12.5. The molecule has 6 nitrogen and oxygen atoms in total. The highest BCUT2D eigenvalue weighted by Crippen LogP contribution is 2.28. The number of hydrogen-bond donors (Lipinski definition) is 0. The standard InChI is InChI=1S/C21H11Br2NO5/c22-14-5-3-12(4-6-14)20(25)28-17-8-7-15(23)10-13(17)11-16-21(26)29-19(24-16)18-2-1-9-27-18/h1-11H/b16-11+. The molecule has 1 aromatic heterocycles. The molecule has 0 atom stereocenters. The number of esters is 2. The number of carbonyl (C=O) groups excluding carboxylic acids is 2. The summed E-state index contributed by atoms with van der Waals surface area (Å²) in [6.07, 6.45) is 2.95. The van der Waals surface area contributed by atoms with Crippen LogP contribution in [0.15, 0.2) is 84.9 Å². The van der Waals surface area contributed by atoms with Crippen molar-refractivity contribution in [2.24, 2.45) is 4.99 Å². The van der Waals surface area contributed by atoms with Crippen LogP contribution in [0, 0.1) is 0 Å². The summed E-state index contributed by atoms with van der Waals surface area (Å²) in [7, 11) is 0. The Balaban J connectivity index is 1.65. The lowest BCUT2D eigenvalue weighted by molar-refractivity contribution is -0.130. The molecular formula is C21H11Br2NO5. The zero-order chi connectivity index (χ0) is 20.4. The van der Waals surface area contributed by atoms with Gasteiger partial charge in [0.1, 0.15) is 5.75 Å². The number of aliphatic imine (C=N–C) groups is 1. The summed E-state index contributed by atoms with van der Waals surface area (Å²) in [6, 6.07) is 15.2. The Bertz CT molecular complexity index is 1150. The molecule has 8 heteroatoms. The van der Waals surface area contributed by atoms with E-state index in [4.69, 9.17) is 13.9 Å². The third-order valence-electron chi connectivity index (χ3n) is 3.90. The third kappa shape index (κ3) is 4.38. The number of rotatable bonds is 4. The molecule has 0 saturated heterocycles. The molecular weight excluding hydrogens is 506 g/mol. The highest BCUT2D eigenvalue weighted by Gasteiger charge is 2.26. The lowest BCUT2D eigenvalue weighted by atomic mass is 10.1. The fourth-order valence-electron chi connectivity index (χ4n) is 2.53. The van der Waals surface area contributed by atoms with Crippen molar-refractivity contribution < 1.29 is 23.5 Å². The van der Waals surface area contributed by atoms with Crippen molar-refractivity contribution in [1.82, 2.24) is 0 Å². The first kappa shape index (κ1) is 19.4. The van der Waals surface area contributed by atoms with E-state index in [2.05, 4.69) is 36.9 Å². The second kappa shape index (κ2) is 8.18. The topological polar surface area (TPSA) is 78.1 Å². The fourth-order valence-corrected chi connectivity index (χ4v) is 3.18. The first-order valence-electron chi connectivity index (χ1n) is 8.33. The number of hydrogen-bond acceptors (Lipinski definition) is 6. The SMILES string of the molecule is O=C1OC(c2ccco2)=N/C1=C/c1cc(Br)ccc1OC(=O)c1ccc(Br)cc1. The van der Waals surface area contributed by atoms with Gasteiger partial charge in [0.05, 0.1) is 11.8 Å². The minimum atomic E-state index is -0.624. The molecule has 144 valence electrons. The van der Waals surface area contributed by atoms with Crippen molar-refractivity contribution in [3.63, 3.8) is 0 Å². The Labute approximate surface area is 182 Å². The summed E-state index contributed by atoms with van der Waals surface area (Å²) in [5.74, 6) is -0.439. The van der Waals surface area contributed by atoms with Gasteiger partial charge in [-0.15, -0.1) is 0 Å². The zero-order valence-electron chi connectivity index (χ0n) is 14.6. The zero-order valence-corrected chi connectivity index (χ0v) is 17.8. The van der Waals surface area contributed by atoms with Gasteiger partial charge in [0, 0.05) is 14.5 Å². The van der Waals surface area contributed by atoms with Crippen LogP contribution >= 0.6 is 31.9 Å². The van der Waals surface area contributed by atoms with E-state index in [9.17, 15) is 9.59 Å². The molecule has 3 aromatic rings. The molecule has 0 N–H and O–H groups in total. The Morgan fingerprint density at radius 1 is 1.03 bits per heavy atom. The van der Waals surface area contributed by atoms with Crippen LogP contribution in [0.25, 0.3) is 6.08 Å². The van der Waals surface area contributed by atoms with Gasteiger partial charge in [0.25, 0.3) is 5.90 Å². The molecule has 0 fully saturated rings. The lowest BCUT2D eigenvalue weighted by Crippen LogP contribution is -2.09. The number of ether oxygens (including phenoxy) is 2. The Kier molecular flexibility index (Phi) is 5.46. The van der Waals surface area contributed by atoms with E-state index in [-0.39, 0.29) is 17.3 Å². The molecule has 0 aliphatic carbocycles. The van der Waals surface area contributed by atoms with Crippen molar-refractivity contribution in [1.29, 1.82) is 0 Å². The fraction of sp³-hybridized carbons (Fsp3) is 0. The van der Waals surface area contributed by atoms with E-state index in [0.717, 1.165) is 8.95 Å². The number of carbonyl (C=O) groups is 2. The number of cyclic esters (lactones) is 1. The molecule has 0 spiro atoms. The Hall–Kier alpha value is -2.97. The van der Waals surface area contributed by atoms with Crippen molar-refractivity contribution in [3.05, 3.63) is 92.4 Å². The lowest BCUT2D eigenvalue weighted by Gasteiger charge is -2.08. The van der Waals surface area contributed by atoms with Crippen LogP contribution in [-0.4, -0.2) is 17.8 Å². The summed E-state index contributed by atoms with van der Waals surface area (Å²) in [5, 5.41) is 0. The second-order valence-electron chi connectivity index (χ2n) is 5.89. The smallest absolute Gasteiger partial charge is 0.363 e. The van der Waals surface area contributed by atoms with Crippen molar-refractivity contribution in [2.75, 3.05) is 0 Å². The van der Waals surface area contributed by atoms with Crippen LogP contribution in [0.2, 0.25) is 0 Å². The van der Waals surface area contributed by atoms with Gasteiger partial charge in [-0.1, -0.05) is 31.9 Å². The van der Waals surface area contributed by atoms with Crippen LogP contribution in [0.5, 0.6) is 5.75 Å². The molecule has 2 heterocycles. The average molecular weight is 517 g/mol. The Morgan fingerprint density at radius 3 is 2.52 bits per heavy atom. The molecule has 2 aromatic carbocycles. The van der Waals surface area contributed by atoms with Gasteiger partial charge in [-0.3, -0.25) is 0 Å². The van der Waals surface area contributed by atoms with Gasteiger partial charge in [0.2, 0.25) is 0 Å². The van der Waals surface area contributed by atoms with Gasteiger partial charge >= 0.3 is 11.9 Å². The number of benzene rings is 2. The number of nitrogens with zero attached hydrogens (tertiary/aromatic N) is 1. The number of furan rings is 1. The van der Waals surface area contributed by atoms with Crippen LogP contribution < -0.4 is 4.74 Å². The highest BCUT2D eigenvalue weighted by atomic mass is 79.9. The van der Waals surface area contributed by atoms with Gasteiger partial charge in [-0.05, 0) is 60.7 Å². The molecule has 0 radical (unpaired) electrons. The van der Waals surface area contributed by atoms with Crippen LogP contribution in [0.1, 0.15) is 21.7 Å². The highest BCUT2D eigenvalue weighted by molar-refractivity contribution is 9.10. The van der Waals surface area contributed by atoms with Crippen LogP contribution in [0.3, 0.4) is 0 Å². The molecule has 0 bridgehead atoms. The summed E-state index contributed by atoms with van der Waals surface area (Å²) in [5.41, 5.74) is 0.949. The Morgan fingerprint density at radius 2 is 1.79 bits per heavy atom. The monoisotopic (exact) mass is 515 g/mol. The normalized spacial score (nSPS) is 14.6. The summed E-state index contributed by atoms with van der Waals surface area (Å²) in [6.45, 7) is 0. The van der Waals surface area contributed by atoms with Gasteiger partial charge in [0.15, 0.2) is 11.5 Å². The van der Waals surface area contributed by atoms with Gasteiger partial charge < -0.3 is 13.9 Å². The van der Waals surface area contributed by atoms with Crippen molar-refractivity contribution in [3.8, 4) is 5.75 Å². The molecule has 0 unspecified atom stereocenters. The first-order chi connectivity index (χ1) is 14.0. The minimum absolute atomic E-state index is 0.0652. The summed E-state index contributed by atoms with van der Waals surface area (Å²) >= 11 is 6.71. The van der Waals surface area contributed by atoms with Gasteiger partial charge in [-0.2, -0.15) is 0 Å². The molecule has 0 saturated carbocycles. The molecule has 0 amide bonds. The largest absolute Gasteiger partial charge is 0.459 e. The van der Waals surface area contributed by atoms with Gasteiger partial charge in [-0.25, -0.2) is 14.6 Å². The van der Waals surface area contributed by atoms with E-state index >= 15 is 0 Å². The first-order valence-corrected chi connectivity index (χ1v) is 9.92. The maximum Gasteiger partial charge on any atom is 0.363 e. The number of halogens is 2. The predicted molar refractivity (Wildman–Crippen MR) is 113 cm³/mol. The van der Waals surface area contributed by atoms with E-state index in [1.165, 1.54) is 12.3 Å². The minimum Gasteiger partial charge on any atom is -0.459 e. The molecule has 4 rings (SSSR count). The van der Waals surface area contributed by atoms with Crippen LogP contribution in [-0.2, 0) is 9.53 Å². The predicted octanol–water partition coefficient (Wildman–Crippen LogP) is 5.37. The summed E-state index contributed by atoms with van der Waals surface area (Å²) < 4.78 is 17.5. The molecule has 1 aliphatic heterocycles. The summed E-state index contributed by atoms with van der Waals surface area (Å²) in [4.78, 5) is 28.8.